The van der Waals surface area contributed by atoms with E-state index in [2.05, 4.69) is 15.6 Å². The zero-order valence-corrected chi connectivity index (χ0v) is 13.9. The molecular weight excluding hydrogens is 333 g/mol. The Morgan fingerprint density at radius 1 is 1.32 bits per heavy atom. The molecular formula is C17H19F3N4O. The van der Waals surface area contributed by atoms with Crippen molar-refractivity contribution in [1.29, 1.82) is 0 Å². The molecule has 0 radical (unpaired) electrons. The van der Waals surface area contributed by atoms with Crippen molar-refractivity contribution >= 4 is 11.4 Å². The van der Waals surface area contributed by atoms with Gasteiger partial charge in [0, 0.05) is 12.1 Å². The molecule has 2 aromatic heterocycles. The smallest absolute Gasteiger partial charge is 0.344 e. The van der Waals surface area contributed by atoms with E-state index in [1.807, 2.05) is 0 Å². The van der Waals surface area contributed by atoms with E-state index >= 15 is 0 Å². The highest BCUT2D eigenvalue weighted by Crippen LogP contribution is 2.49. The molecule has 2 N–H and O–H groups in total. The van der Waals surface area contributed by atoms with E-state index in [-0.39, 0.29) is 17.3 Å². The first-order chi connectivity index (χ1) is 11.7. The lowest BCUT2D eigenvalue weighted by molar-refractivity contribution is -0.136. The number of carbonyl (C=O) groups is 1. The number of hydrogen-bond donors (Lipinski definition) is 2. The minimum absolute atomic E-state index is 0.00233. The first-order valence-electron chi connectivity index (χ1n) is 8.26. The molecule has 8 heteroatoms. The summed E-state index contributed by atoms with van der Waals surface area (Å²) in [5, 5.41) is 6.21. The third-order valence-corrected chi connectivity index (χ3v) is 5.27. The summed E-state index contributed by atoms with van der Waals surface area (Å²) in [4.78, 5) is 16.7. The van der Waals surface area contributed by atoms with Crippen LogP contribution in [0.25, 0.3) is 5.52 Å². The number of pyridine rings is 1. The third-order valence-electron chi connectivity index (χ3n) is 5.27. The second kappa shape index (κ2) is 5.20. The Balaban J connectivity index is 1.63. The fraction of sp³-hybridized carbons (Fsp3) is 0.529. The summed E-state index contributed by atoms with van der Waals surface area (Å²) in [6, 6.07) is 2.38. The maximum absolute atomic E-state index is 13.2. The van der Waals surface area contributed by atoms with E-state index in [1.165, 1.54) is 22.9 Å². The molecule has 1 saturated carbocycles. The van der Waals surface area contributed by atoms with Crippen molar-refractivity contribution in [3.8, 4) is 0 Å². The number of piperidine rings is 1. The van der Waals surface area contributed by atoms with Crippen molar-refractivity contribution in [2.24, 2.45) is 17.8 Å². The molecule has 2 aromatic rings. The van der Waals surface area contributed by atoms with Crippen LogP contribution in [0.15, 0.2) is 24.5 Å². The van der Waals surface area contributed by atoms with E-state index in [1.54, 1.807) is 13.8 Å². The average Bonchev–Trinajstić information content (AvgIpc) is 2.89. The Morgan fingerprint density at radius 2 is 2.00 bits per heavy atom. The number of nitrogens with one attached hydrogen (secondary N) is 2. The Morgan fingerprint density at radius 3 is 2.64 bits per heavy atom. The molecule has 2 fully saturated rings. The highest BCUT2D eigenvalue weighted by molar-refractivity contribution is 5.83. The molecule has 25 heavy (non-hydrogen) atoms. The van der Waals surface area contributed by atoms with Gasteiger partial charge >= 0.3 is 6.18 Å². The molecule has 4 rings (SSSR count). The summed E-state index contributed by atoms with van der Waals surface area (Å²) in [5.41, 5.74) is -1.63. The molecule has 2 aliphatic rings. The van der Waals surface area contributed by atoms with E-state index in [0.717, 1.165) is 19.2 Å². The molecule has 3 atom stereocenters. The molecule has 0 spiro atoms. The van der Waals surface area contributed by atoms with Crippen LogP contribution in [0, 0.1) is 17.8 Å². The Bertz CT molecular complexity index is 832. The van der Waals surface area contributed by atoms with Gasteiger partial charge in [-0.15, -0.1) is 0 Å². The highest BCUT2D eigenvalue weighted by atomic mass is 19.4. The number of aromatic nitrogens is 2. The first kappa shape index (κ1) is 16.4. The first-order valence-corrected chi connectivity index (χ1v) is 8.26. The fourth-order valence-corrected chi connectivity index (χ4v) is 3.98. The molecule has 134 valence electrons. The number of rotatable bonds is 3. The zero-order chi connectivity index (χ0) is 18.0. The van der Waals surface area contributed by atoms with Gasteiger partial charge in [-0.1, -0.05) is 0 Å². The van der Waals surface area contributed by atoms with Crippen LogP contribution in [0.5, 0.6) is 0 Å². The van der Waals surface area contributed by atoms with Gasteiger partial charge in [0.15, 0.2) is 0 Å². The Hall–Kier alpha value is -2.09. The molecule has 0 unspecified atom stereocenters. The van der Waals surface area contributed by atoms with E-state index in [0.29, 0.717) is 17.7 Å². The van der Waals surface area contributed by atoms with Gasteiger partial charge in [0.2, 0.25) is 5.91 Å². The van der Waals surface area contributed by atoms with Crippen molar-refractivity contribution in [3.63, 3.8) is 0 Å². The lowest BCUT2D eigenvalue weighted by atomic mass is 10.0. The van der Waals surface area contributed by atoms with Crippen LogP contribution in [-0.2, 0) is 16.5 Å². The molecule has 5 nitrogen and oxygen atoms in total. The van der Waals surface area contributed by atoms with Crippen molar-refractivity contribution in [1.82, 2.24) is 20.0 Å². The van der Waals surface area contributed by atoms with Crippen LogP contribution in [-0.4, -0.2) is 28.4 Å². The number of alkyl halides is 3. The average molecular weight is 352 g/mol. The van der Waals surface area contributed by atoms with Gasteiger partial charge in [0.25, 0.3) is 0 Å². The van der Waals surface area contributed by atoms with Gasteiger partial charge in [0.1, 0.15) is 5.82 Å². The van der Waals surface area contributed by atoms with E-state index < -0.39 is 17.3 Å². The van der Waals surface area contributed by atoms with Crippen molar-refractivity contribution in [2.45, 2.75) is 25.6 Å². The highest BCUT2D eigenvalue weighted by Gasteiger charge is 2.57. The molecule has 1 aliphatic carbocycles. The summed E-state index contributed by atoms with van der Waals surface area (Å²) in [5.74, 6) is 1.09. The number of halogens is 3. The van der Waals surface area contributed by atoms with Crippen molar-refractivity contribution < 1.29 is 18.0 Å². The van der Waals surface area contributed by atoms with Crippen LogP contribution in [0.2, 0.25) is 0 Å². The zero-order valence-electron chi connectivity index (χ0n) is 13.9. The lowest BCUT2D eigenvalue weighted by Crippen LogP contribution is -2.44. The predicted octanol–water partition coefficient (Wildman–Crippen LogP) is 2.17. The van der Waals surface area contributed by atoms with Gasteiger partial charge in [-0.2, -0.15) is 13.2 Å². The second-order valence-corrected chi connectivity index (χ2v) is 7.38. The summed E-state index contributed by atoms with van der Waals surface area (Å²) in [6.45, 7) is 5.22. The number of amides is 1. The SMILES string of the molecule is CC(C)(NC(=O)[C@H]1[C@@H]2CNC[C@@H]21)c1ncc2c(C(F)(F)F)cccn12. The van der Waals surface area contributed by atoms with Gasteiger partial charge < -0.3 is 15.0 Å². The summed E-state index contributed by atoms with van der Waals surface area (Å²) in [7, 11) is 0. The van der Waals surface area contributed by atoms with Crippen molar-refractivity contribution in [3.05, 3.63) is 35.9 Å². The quantitative estimate of drug-likeness (QED) is 0.890. The Labute approximate surface area is 142 Å². The number of carbonyl (C=O) groups excluding carboxylic acids is 1. The van der Waals surface area contributed by atoms with Crippen LogP contribution < -0.4 is 10.6 Å². The topological polar surface area (TPSA) is 58.4 Å². The summed E-state index contributed by atoms with van der Waals surface area (Å²) >= 11 is 0. The van der Waals surface area contributed by atoms with Gasteiger partial charge in [-0.25, -0.2) is 4.98 Å². The summed E-state index contributed by atoms with van der Waals surface area (Å²) in [6.07, 6.45) is -1.70. The maximum Gasteiger partial charge on any atom is 0.418 e. The van der Waals surface area contributed by atoms with E-state index in [9.17, 15) is 18.0 Å². The molecule has 1 amide bonds. The van der Waals surface area contributed by atoms with Crippen LogP contribution >= 0.6 is 0 Å². The number of fused-ring (bicyclic) bond motifs is 2. The largest absolute Gasteiger partial charge is 0.418 e. The summed E-state index contributed by atoms with van der Waals surface area (Å²) < 4.78 is 40.9. The second-order valence-electron chi connectivity index (χ2n) is 7.38. The van der Waals surface area contributed by atoms with Crippen LogP contribution in [0.4, 0.5) is 13.2 Å². The fourth-order valence-electron chi connectivity index (χ4n) is 3.98. The van der Waals surface area contributed by atoms with Gasteiger partial charge in [0.05, 0.1) is 22.8 Å². The minimum atomic E-state index is -4.45. The van der Waals surface area contributed by atoms with Gasteiger partial charge in [-0.3, -0.25) is 4.79 Å². The number of nitrogens with zero attached hydrogens (tertiary/aromatic N) is 2. The van der Waals surface area contributed by atoms with E-state index in [4.69, 9.17) is 0 Å². The van der Waals surface area contributed by atoms with Crippen LogP contribution in [0.1, 0.15) is 25.2 Å². The molecule has 3 heterocycles. The lowest BCUT2D eigenvalue weighted by Gasteiger charge is -2.26. The molecule has 1 aliphatic heterocycles. The maximum atomic E-state index is 13.2. The Kier molecular flexibility index (Phi) is 3.41. The number of imidazole rings is 1. The normalized spacial score (nSPS) is 25.9. The molecule has 1 saturated heterocycles. The molecule has 0 bridgehead atoms. The third kappa shape index (κ3) is 2.59. The molecule has 0 aromatic carbocycles. The van der Waals surface area contributed by atoms with Crippen LogP contribution in [0.3, 0.4) is 0 Å². The number of hydrogen-bond acceptors (Lipinski definition) is 3. The van der Waals surface area contributed by atoms with Crippen molar-refractivity contribution in [2.75, 3.05) is 13.1 Å². The van der Waals surface area contributed by atoms with Gasteiger partial charge in [-0.05, 0) is 50.9 Å². The monoisotopic (exact) mass is 352 g/mol. The predicted molar refractivity (Wildman–Crippen MR) is 84.7 cm³/mol. The minimum Gasteiger partial charge on any atom is -0.344 e. The standard InChI is InChI=1S/C17H19F3N4O/c1-16(2,23-14(25)13-9-6-21-7-10(9)13)15-22-8-12-11(17(18,19)20)4-3-5-24(12)15/h3-5,8-10,13,21H,6-7H2,1-2H3,(H,23,25)/t9-,10+,13+.